The largest absolute Gasteiger partial charge is 0.493 e. The molecule has 0 aromatic heterocycles. The standard InChI is InChI=1S/C14H17NO5/c16-13(6-8-20-11-4-2-1-3-5-11)15-7-9-19-10-12(15)14(17)18/h1-5,12H,6-10H2,(H,17,18)/t12-/m1/s1. The molecule has 1 heterocycles. The summed E-state index contributed by atoms with van der Waals surface area (Å²) in [6, 6.07) is 8.29. The van der Waals surface area contributed by atoms with Crippen molar-refractivity contribution in [1.82, 2.24) is 4.90 Å². The maximum absolute atomic E-state index is 12.0. The minimum Gasteiger partial charge on any atom is -0.493 e. The summed E-state index contributed by atoms with van der Waals surface area (Å²) in [5.41, 5.74) is 0. The van der Waals surface area contributed by atoms with Crippen molar-refractivity contribution in [3.8, 4) is 5.75 Å². The number of amides is 1. The van der Waals surface area contributed by atoms with Gasteiger partial charge in [0.15, 0.2) is 6.04 Å². The molecule has 1 aliphatic rings. The van der Waals surface area contributed by atoms with E-state index in [1.54, 1.807) is 12.1 Å². The van der Waals surface area contributed by atoms with Crippen LogP contribution in [-0.2, 0) is 14.3 Å². The molecule has 0 spiro atoms. The van der Waals surface area contributed by atoms with Gasteiger partial charge in [0.25, 0.3) is 0 Å². The third-order valence-corrected chi connectivity index (χ3v) is 3.06. The van der Waals surface area contributed by atoms with E-state index in [1.165, 1.54) is 4.90 Å². The number of nitrogens with zero attached hydrogens (tertiary/aromatic N) is 1. The fraction of sp³-hybridized carbons (Fsp3) is 0.429. The number of carbonyl (C=O) groups is 2. The Hall–Kier alpha value is -2.08. The second kappa shape index (κ2) is 6.91. The highest BCUT2D eigenvalue weighted by Crippen LogP contribution is 2.11. The van der Waals surface area contributed by atoms with Crippen LogP contribution in [0.4, 0.5) is 0 Å². The van der Waals surface area contributed by atoms with Crippen LogP contribution in [0, 0.1) is 0 Å². The fourth-order valence-corrected chi connectivity index (χ4v) is 2.02. The minimum atomic E-state index is -1.04. The molecule has 1 saturated heterocycles. The molecule has 1 fully saturated rings. The van der Waals surface area contributed by atoms with Gasteiger partial charge >= 0.3 is 5.97 Å². The third-order valence-electron chi connectivity index (χ3n) is 3.06. The van der Waals surface area contributed by atoms with Gasteiger partial charge in [0.2, 0.25) is 5.91 Å². The van der Waals surface area contributed by atoms with Gasteiger partial charge < -0.3 is 19.5 Å². The summed E-state index contributed by atoms with van der Waals surface area (Å²) in [6.45, 7) is 0.948. The molecule has 1 aromatic rings. The predicted molar refractivity (Wildman–Crippen MR) is 70.5 cm³/mol. The van der Waals surface area contributed by atoms with E-state index in [0.717, 1.165) is 0 Å². The summed E-state index contributed by atoms with van der Waals surface area (Å²) in [7, 11) is 0. The van der Waals surface area contributed by atoms with Gasteiger partial charge in [-0.1, -0.05) is 18.2 Å². The number of benzene rings is 1. The van der Waals surface area contributed by atoms with E-state index >= 15 is 0 Å². The van der Waals surface area contributed by atoms with Gasteiger partial charge in [-0.15, -0.1) is 0 Å². The molecule has 20 heavy (non-hydrogen) atoms. The van der Waals surface area contributed by atoms with Crippen LogP contribution < -0.4 is 4.74 Å². The van der Waals surface area contributed by atoms with E-state index in [2.05, 4.69) is 0 Å². The summed E-state index contributed by atoms with van der Waals surface area (Å²) in [5, 5.41) is 9.06. The molecule has 108 valence electrons. The van der Waals surface area contributed by atoms with Crippen molar-refractivity contribution in [2.75, 3.05) is 26.4 Å². The zero-order valence-electron chi connectivity index (χ0n) is 11.0. The molecule has 6 heteroatoms. The van der Waals surface area contributed by atoms with Gasteiger partial charge in [-0.3, -0.25) is 4.79 Å². The molecular formula is C14H17NO5. The van der Waals surface area contributed by atoms with Crippen LogP contribution in [0.15, 0.2) is 30.3 Å². The zero-order valence-corrected chi connectivity index (χ0v) is 11.0. The number of para-hydroxylation sites is 1. The van der Waals surface area contributed by atoms with Gasteiger partial charge in [0.1, 0.15) is 5.75 Å². The van der Waals surface area contributed by atoms with Crippen LogP contribution in [0.2, 0.25) is 0 Å². The van der Waals surface area contributed by atoms with Crippen molar-refractivity contribution < 1.29 is 24.2 Å². The predicted octanol–water partition coefficient (Wildman–Crippen LogP) is 0.767. The van der Waals surface area contributed by atoms with Gasteiger partial charge in [0.05, 0.1) is 26.2 Å². The number of ether oxygens (including phenoxy) is 2. The molecule has 1 aliphatic heterocycles. The molecule has 0 saturated carbocycles. The number of morpholine rings is 1. The van der Waals surface area contributed by atoms with Crippen molar-refractivity contribution in [3.05, 3.63) is 30.3 Å². The Bertz CT molecular complexity index is 462. The Morgan fingerprint density at radius 3 is 2.80 bits per heavy atom. The van der Waals surface area contributed by atoms with E-state index in [1.807, 2.05) is 18.2 Å². The number of rotatable bonds is 5. The van der Waals surface area contributed by atoms with E-state index in [-0.39, 0.29) is 25.5 Å². The summed E-state index contributed by atoms with van der Waals surface area (Å²) in [6.07, 6.45) is 0.151. The zero-order chi connectivity index (χ0) is 14.4. The Kier molecular flexibility index (Phi) is 4.95. The molecule has 2 rings (SSSR count). The minimum absolute atomic E-state index is 0.0423. The SMILES string of the molecule is O=C(O)[C@H]1COCCN1C(=O)CCOc1ccccc1. The molecule has 1 aromatic carbocycles. The molecule has 6 nitrogen and oxygen atoms in total. The van der Waals surface area contributed by atoms with Gasteiger partial charge in [-0.2, -0.15) is 0 Å². The highest BCUT2D eigenvalue weighted by molar-refractivity contribution is 5.84. The molecule has 1 atom stereocenters. The summed E-state index contributed by atoms with van der Waals surface area (Å²) in [4.78, 5) is 24.4. The number of carbonyl (C=O) groups excluding carboxylic acids is 1. The van der Waals surface area contributed by atoms with Crippen LogP contribution in [0.3, 0.4) is 0 Å². The maximum Gasteiger partial charge on any atom is 0.328 e. The van der Waals surface area contributed by atoms with Crippen molar-refractivity contribution in [1.29, 1.82) is 0 Å². The van der Waals surface area contributed by atoms with Gasteiger partial charge in [0, 0.05) is 6.54 Å². The van der Waals surface area contributed by atoms with Crippen LogP contribution in [-0.4, -0.2) is 54.3 Å². The smallest absolute Gasteiger partial charge is 0.328 e. The van der Waals surface area contributed by atoms with Crippen LogP contribution in [0.5, 0.6) is 5.75 Å². The number of carboxylic acids is 1. The number of hydrogen-bond acceptors (Lipinski definition) is 4. The molecule has 1 N–H and O–H groups in total. The Morgan fingerprint density at radius 1 is 1.35 bits per heavy atom. The van der Waals surface area contributed by atoms with Crippen molar-refractivity contribution in [2.45, 2.75) is 12.5 Å². The first-order valence-electron chi connectivity index (χ1n) is 6.46. The summed E-state index contributed by atoms with van der Waals surface area (Å²) >= 11 is 0. The second-order valence-corrected chi connectivity index (χ2v) is 4.43. The van der Waals surface area contributed by atoms with Gasteiger partial charge in [-0.05, 0) is 12.1 Å². The molecule has 0 bridgehead atoms. The normalized spacial score (nSPS) is 18.6. The van der Waals surface area contributed by atoms with Crippen LogP contribution in [0.1, 0.15) is 6.42 Å². The lowest BCUT2D eigenvalue weighted by Gasteiger charge is -2.32. The third kappa shape index (κ3) is 3.71. The van der Waals surface area contributed by atoms with Crippen molar-refractivity contribution in [3.63, 3.8) is 0 Å². The topological polar surface area (TPSA) is 76.1 Å². The van der Waals surface area contributed by atoms with E-state index in [9.17, 15) is 9.59 Å². The molecule has 0 aliphatic carbocycles. The highest BCUT2D eigenvalue weighted by Gasteiger charge is 2.32. The fourth-order valence-electron chi connectivity index (χ4n) is 2.02. The molecular weight excluding hydrogens is 262 g/mol. The highest BCUT2D eigenvalue weighted by atomic mass is 16.5. The quantitative estimate of drug-likeness (QED) is 0.861. The first-order chi connectivity index (χ1) is 9.68. The maximum atomic E-state index is 12.0. The first-order valence-corrected chi connectivity index (χ1v) is 6.46. The summed E-state index contributed by atoms with van der Waals surface area (Å²) < 4.78 is 10.5. The molecule has 0 radical (unpaired) electrons. The molecule has 0 unspecified atom stereocenters. The van der Waals surface area contributed by atoms with E-state index in [0.29, 0.717) is 18.9 Å². The lowest BCUT2D eigenvalue weighted by molar-refractivity contribution is -0.158. The van der Waals surface area contributed by atoms with E-state index in [4.69, 9.17) is 14.6 Å². The lowest BCUT2D eigenvalue weighted by Crippen LogP contribution is -2.52. The Morgan fingerprint density at radius 2 is 2.10 bits per heavy atom. The Balaban J connectivity index is 1.83. The Labute approximate surface area is 116 Å². The molecule has 1 amide bonds. The first kappa shape index (κ1) is 14.3. The van der Waals surface area contributed by atoms with Crippen molar-refractivity contribution in [2.24, 2.45) is 0 Å². The number of aliphatic carboxylic acids is 1. The van der Waals surface area contributed by atoms with Crippen LogP contribution in [0.25, 0.3) is 0 Å². The number of hydrogen-bond donors (Lipinski definition) is 1. The van der Waals surface area contributed by atoms with Gasteiger partial charge in [-0.25, -0.2) is 4.79 Å². The van der Waals surface area contributed by atoms with Crippen LogP contribution >= 0.6 is 0 Å². The monoisotopic (exact) mass is 279 g/mol. The van der Waals surface area contributed by atoms with Crippen molar-refractivity contribution >= 4 is 11.9 Å². The summed E-state index contributed by atoms with van der Waals surface area (Å²) in [5.74, 6) is -0.573. The lowest BCUT2D eigenvalue weighted by atomic mass is 10.2. The average molecular weight is 279 g/mol. The second-order valence-electron chi connectivity index (χ2n) is 4.43. The number of carboxylic acid groups (broad SMARTS) is 1. The average Bonchev–Trinajstić information content (AvgIpc) is 2.48. The van der Waals surface area contributed by atoms with E-state index < -0.39 is 12.0 Å².